The third-order valence-electron chi connectivity index (χ3n) is 3.80. The van der Waals surface area contributed by atoms with Gasteiger partial charge in [0, 0.05) is 0 Å². The van der Waals surface area contributed by atoms with Crippen molar-refractivity contribution in [3.05, 3.63) is 0 Å². The lowest BCUT2D eigenvalue weighted by atomic mass is 9.71. The molecule has 100 valence electrons. The van der Waals surface area contributed by atoms with Crippen molar-refractivity contribution >= 4 is 5.97 Å². The Morgan fingerprint density at radius 2 is 2.06 bits per heavy atom. The van der Waals surface area contributed by atoms with Crippen LogP contribution in [0.4, 0.5) is 0 Å². The van der Waals surface area contributed by atoms with E-state index >= 15 is 0 Å². The molecular weight excluding hydrogens is 216 g/mol. The highest BCUT2D eigenvalue weighted by molar-refractivity contribution is 5.74. The molecule has 0 heterocycles. The highest BCUT2D eigenvalue weighted by Crippen LogP contribution is 2.38. The molecule has 1 aliphatic carbocycles. The van der Waals surface area contributed by atoms with Gasteiger partial charge in [0.05, 0.1) is 18.1 Å². The van der Waals surface area contributed by atoms with Crippen molar-refractivity contribution in [2.24, 2.45) is 17.8 Å². The second-order valence-electron chi connectivity index (χ2n) is 5.83. The van der Waals surface area contributed by atoms with Crippen LogP contribution in [0.2, 0.25) is 0 Å². The van der Waals surface area contributed by atoms with E-state index in [1.54, 1.807) is 13.8 Å². The first-order valence-electron chi connectivity index (χ1n) is 6.77. The molecule has 1 rings (SSSR count). The predicted octanol–water partition coefficient (Wildman–Crippen LogP) is 2.76. The quantitative estimate of drug-likeness (QED) is 0.728. The van der Waals surface area contributed by atoms with Gasteiger partial charge in [0.25, 0.3) is 0 Å². The summed E-state index contributed by atoms with van der Waals surface area (Å²) in [7, 11) is 0. The van der Waals surface area contributed by atoms with Gasteiger partial charge in [-0.3, -0.25) is 4.79 Å². The summed E-state index contributed by atoms with van der Waals surface area (Å²) in [5, 5.41) is 10.6. The van der Waals surface area contributed by atoms with Crippen molar-refractivity contribution in [1.29, 1.82) is 0 Å². The van der Waals surface area contributed by atoms with E-state index in [1.807, 2.05) is 13.8 Å². The number of carbonyl (C=O) groups excluding carboxylic acids is 1. The molecule has 0 saturated heterocycles. The summed E-state index contributed by atoms with van der Waals surface area (Å²) in [5.74, 6) is 0.0136. The fraction of sp³-hybridized carbons (Fsp3) is 0.929. The van der Waals surface area contributed by atoms with E-state index in [9.17, 15) is 9.90 Å². The van der Waals surface area contributed by atoms with Crippen molar-refractivity contribution in [2.75, 3.05) is 6.61 Å². The van der Waals surface area contributed by atoms with Crippen LogP contribution >= 0.6 is 0 Å². The highest BCUT2D eigenvalue weighted by Gasteiger charge is 2.42. The molecule has 2 atom stereocenters. The van der Waals surface area contributed by atoms with E-state index < -0.39 is 11.5 Å². The smallest absolute Gasteiger partial charge is 0.312 e. The van der Waals surface area contributed by atoms with Crippen molar-refractivity contribution in [1.82, 2.24) is 0 Å². The number of rotatable bonds is 6. The summed E-state index contributed by atoms with van der Waals surface area (Å²) in [6, 6.07) is 0. The maximum Gasteiger partial charge on any atom is 0.312 e. The molecule has 3 nitrogen and oxygen atoms in total. The zero-order valence-electron chi connectivity index (χ0n) is 11.5. The zero-order chi connectivity index (χ0) is 13.1. The van der Waals surface area contributed by atoms with E-state index in [2.05, 4.69) is 0 Å². The van der Waals surface area contributed by atoms with Crippen LogP contribution in [0, 0.1) is 17.8 Å². The number of carbonyl (C=O) groups is 1. The predicted molar refractivity (Wildman–Crippen MR) is 67.5 cm³/mol. The second-order valence-corrected chi connectivity index (χ2v) is 5.83. The summed E-state index contributed by atoms with van der Waals surface area (Å²) < 4.78 is 5.09. The monoisotopic (exact) mass is 242 g/mol. The summed E-state index contributed by atoms with van der Waals surface area (Å²) in [5.41, 5.74) is -0.939. The fourth-order valence-corrected chi connectivity index (χ4v) is 2.88. The molecule has 1 saturated carbocycles. The van der Waals surface area contributed by atoms with Gasteiger partial charge >= 0.3 is 5.97 Å². The lowest BCUT2D eigenvalue weighted by Gasteiger charge is -2.39. The van der Waals surface area contributed by atoms with E-state index in [4.69, 9.17) is 4.74 Å². The minimum Gasteiger partial charge on any atom is -0.466 e. The van der Waals surface area contributed by atoms with Crippen molar-refractivity contribution < 1.29 is 14.6 Å². The van der Waals surface area contributed by atoms with Crippen molar-refractivity contribution in [3.63, 3.8) is 0 Å². The van der Waals surface area contributed by atoms with Gasteiger partial charge in [-0.15, -0.1) is 0 Å². The topological polar surface area (TPSA) is 46.5 Å². The summed E-state index contributed by atoms with van der Waals surface area (Å²) in [6.07, 6.45) is 4.34. The molecule has 0 aromatic rings. The van der Waals surface area contributed by atoms with E-state index in [0.717, 1.165) is 0 Å². The number of hydrogen-bond donors (Lipinski definition) is 1. The fourth-order valence-electron chi connectivity index (χ4n) is 2.88. The normalized spacial score (nSPS) is 21.8. The Balaban J connectivity index is 2.69. The van der Waals surface area contributed by atoms with Gasteiger partial charge in [-0.25, -0.2) is 0 Å². The Morgan fingerprint density at radius 1 is 1.47 bits per heavy atom. The number of ether oxygens (including phenoxy) is 1. The number of esters is 1. The third kappa shape index (κ3) is 3.70. The number of aliphatic hydroxyl groups is 1. The van der Waals surface area contributed by atoms with Gasteiger partial charge in [-0.1, -0.05) is 33.1 Å². The molecule has 1 fully saturated rings. The Kier molecular flexibility index (Phi) is 4.99. The first-order chi connectivity index (χ1) is 7.88. The molecule has 17 heavy (non-hydrogen) atoms. The van der Waals surface area contributed by atoms with Gasteiger partial charge in [0.2, 0.25) is 0 Å². The largest absolute Gasteiger partial charge is 0.466 e. The molecule has 2 unspecified atom stereocenters. The summed E-state index contributed by atoms with van der Waals surface area (Å²) in [4.78, 5) is 11.9. The Bertz CT molecular complexity index is 254. The SMILES string of the molecule is CCOC(=O)C(C(C)C)C(C)(O)CC1CCC1. The van der Waals surface area contributed by atoms with Gasteiger partial charge in [0.15, 0.2) is 0 Å². The van der Waals surface area contributed by atoms with Crippen LogP contribution in [0.5, 0.6) is 0 Å². The van der Waals surface area contributed by atoms with Crippen LogP contribution in [0.25, 0.3) is 0 Å². The second kappa shape index (κ2) is 5.85. The summed E-state index contributed by atoms with van der Waals surface area (Å²) >= 11 is 0. The van der Waals surface area contributed by atoms with Crippen LogP contribution in [0.3, 0.4) is 0 Å². The lowest BCUT2D eigenvalue weighted by Crippen LogP contribution is -2.45. The molecule has 0 aliphatic heterocycles. The summed E-state index contributed by atoms with van der Waals surface area (Å²) in [6.45, 7) is 7.90. The molecule has 3 heteroatoms. The van der Waals surface area contributed by atoms with Gasteiger partial charge in [0.1, 0.15) is 0 Å². The van der Waals surface area contributed by atoms with Crippen LogP contribution in [0.15, 0.2) is 0 Å². The number of hydrogen-bond acceptors (Lipinski definition) is 3. The molecule has 1 aliphatic rings. The molecular formula is C14H26O3. The van der Waals surface area contributed by atoms with E-state index in [-0.39, 0.29) is 11.9 Å². The van der Waals surface area contributed by atoms with Crippen LogP contribution in [0.1, 0.15) is 53.4 Å². The Morgan fingerprint density at radius 3 is 2.41 bits per heavy atom. The average molecular weight is 242 g/mol. The van der Waals surface area contributed by atoms with Crippen molar-refractivity contribution in [2.45, 2.75) is 59.0 Å². The first kappa shape index (κ1) is 14.5. The maximum absolute atomic E-state index is 11.9. The maximum atomic E-state index is 11.9. The molecule has 0 aromatic heterocycles. The molecule has 0 spiro atoms. The highest BCUT2D eigenvalue weighted by atomic mass is 16.5. The lowest BCUT2D eigenvalue weighted by molar-refractivity contribution is -0.162. The standard InChI is InChI=1S/C14H26O3/c1-5-17-13(15)12(10(2)3)14(4,16)9-11-7-6-8-11/h10-12,16H,5-9H2,1-4H3. The van der Waals surface area contributed by atoms with E-state index in [1.165, 1.54) is 19.3 Å². The van der Waals surface area contributed by atoms with Crippen LogP contribution in [-0.2, 0) is 9.53 Å². The molecule has 0 radical (unpaired) electrons. The van der Waals surface area contributed by atoms with Crippen LogP contribution < -0.4 is 0 Å². The molecule has 0 amide bonds. The zero-order valence-corrected chi connectivity index (χ0v) is 11.5. The van der Waals surface area contributed by atoms with Gasteiger partial charge < -0.3 is 9.84 Å². The third-order valence-corrected chi connectivity index (χ3v) is 3.80. The molecule has 0 aromatic carbocycles. The van der Waals surface area contributed by atoms with Crippen molar-refractivity contribution in [3.8, 4) is 0 Å². The molecule has 1 N–H and O–H groups in total. The molecule has 0 bridgehead atoms. The minimum atomic E-state index is -0.939. The van der Waals surface area contributed by atoms with Crippen LogP contribution in [-0.4, -0.2) is 23.3 Å². The van der Waals surface area contributed by atoms with Gasteiger partial charge in [-0.2, -0.15) is 0 Å². The average Bonchev–Trinajstić information content (AvgIpc) is 2.11. The van der Waals surface area contributed by atoms with Gasteiger partial charge in [-0.05, 0) is 32.1 Å². The van der Waals surface area contributed by atoms with E-state index in [0.29, 0.717) is 18.9 Å². The first-order valence-corrected chi connectivity index (χ1v) is 6.77. The Labute approximate surface area is 105 Å². The Hall–Kier alpha value is -0.570. The minimum absolute atomic E-state index is 0.101.